The van der Waals surface area contributed by atoms with Gasteiger partial charge in [0.1, 0.15) is 11.6 Å². The summed E-state index contributed by atoms with van der Waals surface area (Å²) in [5, 5.41) is 6.89. The van der Waals surface area contributed by atoms with Crippen LogP contribution in [0.3, 0.4) is 0 Å². The number of anilines is 2. The minimum Gasteiger partial charge on any atom is -0.384 e. The smallest absolute Gasteiger partial charge is 0.149 e. The first kappa shape index (κ1) is 5.94. The van der Waals surface area contributed by atoms with E-state index in [0.717, 1.165) is 5.82 Å². The van der Waals surface area contributed by atoms with Gasteiger partial charge in [-0.25, -0.2) is 0 Å². The summed E-state index contributed by atoms with van der Waals surface area (Å²) in [5.74, 6) is 1.47. The maximum absolute atomic E-state index is 5.48. The summed E-state index contributed by atoms with van der Waals surface area (Å²) in [6, 6.07) is 1.78. The van der Waals surface area contributed by atoms with E-state index in [1.165, 1.54) is 0 Å². The molecule has 0 aliphatic carbocycles. The Bertz CT molecular complexity index is 183. The maximum atomic E-state index is 5.48. The van der Waals surface area contributed by atoms with Crippen molar-refractivity contribution in [1.29, 1.82) is 0 Å². The second-order valence-electron chi connectivity index (χ2n) is 1.83. The van der Waals surface area contributed by atoms with Crippen LogP contribution in [0, 0.1) is 0 Å². The van der Waals surface area contributed by atoms with Crippen LogP contribution >= 0.6 is 0 Å². The zero-order chi connectivity index (χ0) is 6.85. The number of nitrogen functional groups attached to an aromatic ring is 1. The number of rotatable bonds is 1. The van der Waals surface area contributed by atoms with E-state index in [9.17, 15) is 0 Å². The van der Waals surface area contributed by atoms with Crippen LogP contribution < -0.4 is 11.1 Å². The van der Waals surface area contributed by atoms with Crippen LogP contribution in [0.1, 0.15) is 0 Å². The summed E-state index contributed by atoms with van der Waals surface area (Å²) in [6.45, 7) is 0. The van der Waals surface area contributed by atoms with Crippen LogP contribution in [-0.4, -0.2) is 16.8 Å². The van der Waals surface area contributed by atoms with Gasteiger partial charge < -0.3 is 11.1 Å². The molecule has 4 heteroatoms. The Morgan fingerprint density at radius 1 is 1.78 bits per heavy atom. The minimum atomic E-state index is 0.666. The lowest BCUT2D eigenvalue weighted by Gasteiger charge is -1.89. The summed E-state index contributed by atoms with van der Waals surface area (Å²) >= 11 is 0. The topological polar surface area (TPSA) is 55.9 Å². The lowest BCUT2D eigenvalue weighted by molar-refractivity contribution is 0.782. The molecule has 0 amide bonds. The molecule has 50 valence electrons. The van der Waals surface area contributed by atoms with Crippen LogP contribution in [0.25, 0.3) is 0 Å². The van der Waals surface area contributed by atoms with E-state index in [1.54, 1.807) is 17.8 Å². The van der Waals surface area contributed by atoms with Gasteiger partial charge in [0.15, 0.2) is 0 Å². The van der Waals surface area contributed by atoms with Crippen LogP contribution in [0.15, 0.2) is 6.07 Å². The van der Waals surface area contributed by atoms with Crippen LogP contribution in [0.5, 0.6) is 0 Å². The van der Waals surface area contributed by atoms with Gasteiger partial charge in [0.05, 0.1) is 0 Å². The molecule has 0 unspecified atom stereocenters. The first-order chi connectivity index (χ1) is 4.24. The van der Waals surface area contributed by atoms with Crippen molar-refractivity contribution in [2.75, 3.05) is 18.1 Å². The molecule has 1 heterocycles. The molecule has 1 aromatic heterocycles. The van der Waals surface area contributed by atoms with E-state index in [1.807, 2.05) is 7.05 Å². The Labute approximate surface area is 53.7 Å². The zero-order valence-corrected chi connectivity index (χ0v) is 5.55. The molecule has 0 aliphatic rings. The van der Waals surface area contributed by atoms with E-state index in [4.69, 9.17) is 5.73 Å². The first-order valence-corrected chi connectivity index (χ1v) is 2.71. The molecule has 0 bridgehead atoms. The van der Waals surface area contributed by atoms with E-state index < -0.39 is 0 Å². The molecule has 0 aliphatic heterocycles. The van der Waals surface area contributed by atoms with Crippen molar-refractivity contribution < 1.29 is 0 Å². The highest BCUT2D eigenvalue weighted by Gasteiger charge is 1.95. The first-order valence-electron chi connectivity index (χ1n) is 2.71. The molecule has 9 heavy (non-hydrogen) atoms. The fourth-order valence-corrected chi connectivity index (χ4v) is 0.604. The molecular weight excluding hydrogens is 116 g/mol. The molecule has 1 aromatic rings. The Balaban J connectivity index is 2.98. The SMILES string of the molecule is CNc1cc(N)n(C)n1. The molecule has 0 radical (unpaired) electrons. The van der Waals surface area contributed by atoms with Crippen LogP contribution in [0.2, 0.25) is 0 Å². The Kier molecular flexibility index (Phi) is 1.30. The molecule has 4 nitrogen and oxygen atoms in total. The molecule has 0 saturated carbocycles. The van der Waals surface area contributed by atoms with Gasteiger partial charge in [-0.1, -0.05) is 0 Å². The molecule has 0 atom stereocenters. The van der Waals surface area contributed by atoms with Crippen molar-refractivity contribution in [3.63, 3.8) is 0 Å². The third-order valence-corrected chi connectivity index (χ3v) is 1.17. The number of nitrogens with zero attached hydrogens (tertiary/aromatic N) is 2. The summed E-state index contributed by atoms with van der Waals surface area (Å²) < 4.78 is 1.62. The molecule has 0 fully saturated rings. The van der Waals surface area contributed by atoms with Crippen molar-refractivity contribution >= 4 is 11.6 Å². The summed E-state index contributed by atoms with van der Waals surface area (Å²) in [6.07, 6.45) is 0. The number of nitrogens with one attached hydrogen (secondary N) is 1. The van der Waals surface area contributed by atoms with Gasteiger partial charge in [-0.3, -0.25) is 4.68 Å². The van der Waals surface area contributed by atoms with Gasteiger partial charge >= 0.3 is 0 Å². The van der Waals surface area contributed by atoms with E-state index in [0.29, 0.717) is 5.82 Å². The summed E-state index contributed by atoms with van der Waals surface area (Å²) in [7, 11) is 3.61. The lowest BCUT2D eigenvalue weighted by atomic mass is 10.6. The summed E-state index contributed by atoms with van der Waals surface area (Å²) in [5.41, 5.74) is 5.48. The average molecular weight is 126 g/mol. The van der Waals surface area contributed by atoms with Crippen molar-refractivity contribution in [2.45, 2.75) is 0 Å². The monoisotopic (exact) mass is 126 g/mol. The van der Waals surface area contributed by atoms with Crippen molar-refractivity contribution in [1.82, 2.24) is 9.78 Å². The normalized spacial score (nSPS) is 9.56. The number of aryl methyl sites for hydroxylation is 1. The predicted octanol–water partition coefficient (Wildman–Crippen LogP) is 0.0440. The molecule has 1 rings (SSSR count). The molecule has 0 saturated heterocycles. The Morgan fingerprint density at radius 3 is 2.67 bits per heavy atom. The van der Waals surface area contributed by atoms with Gasteiger partial charge in [-0.15, -0.1) is 0 Å². The molecule has 3 N–H and O–H groups in total. The lowest BCUT2D eigenvalue weighted by Crippen LogP contribution is -1.97. The quantitative estimate of drug-likeness (QED) is 0.558. The highest BCUT2D eigenvalue weighted by molar-refractivity contribution is 5.44. The number of nitrogens with two attached hydrogens (primary N) is 1. The van der Waals surface area contributed by atoms with E-state index in [-0.39, 0.29) is 0 Å². The highest BCUT2D eigenvalue weighted by Crippen LogP contribution is 2.07. The average Bonchev–Trinajstić information content (AvgIpc) is 2.13. The van der Waals surface area contributed by atoms with Gasteiger partial charge in [0, 0.05) is 20.2 Å². The second kappa shape index (κ2) is 1.97. The summed E-state index contributed by atoms with van der Waals surface area (Å²) in [4.78, 5) is 0. The van der Waals surface area contributed by atoms with Gasteiger partial charge in [0.25, 0.3) is 0 Å². The highest BCUT2D eigenvalue weighted by atomic mass is 15.3. The van der Waals surface area contributed by atoms with Crippen LogP contribution in [-0.2, 0) is 7.05 Å². The predicted molar refractivity (Wildman–Crippen MR) is 37.2 cm³/mol. The van der Waals surface area contributed by atoms with Crippen molar-refractivity contribution in [3.8, 4) is 0 Å². The number of hydrogen-bond acceptors (Lipinski definition) is 3. The van der Waals surface area contributed by atoms with Gasteiger partial charge in [-0.05, 0) is 0 Å². The number of hydrogen-bond donors (Lipinski definition) is 2. The van der Waals surface area contributed by atoms with Crippen molar-refractivity contribution in [2.24, 2.45) is 7.05 Å². The molecule has 0 aromatic carbocycles. The van der Waals surface area contributed by atoms with Gasteiger partial charge in [-0.2, -0.15) is 5.10 Å². The van der Waals surface area contributed by atoms with E-state index >= 15 is 0 Å². The third-order valence-electron chi connectivity index (χ3n) is 1.17. The zero-order valence-electron chi connectivity index (χ0n) is 5.55. The fourth-order valence-electron chi connectivity index (χ4n) is 0.604. The Morgan fingerprint density at radius 2 is 2.44 bits per heavy atom. The fraction of sp³-hybridized carbons (Fsp3) is 0.400. The van der Waals surface area contributed by atoms with E-state index in [2.05, 4.69) is 10.4 Å². The molecule has 0 spiro atoms. The standard InChI is InChI=1S/C5H10N4/c1-7-5-3-4(6)9(2)8-5/h3H,6H2,1-2H3,(H,7,8). The third kappa shape index (κ3) is 0.960. The number of aromatic nitrogens is 2. The van der Waals surface area contributed by atoms with Gasteiger partial charge in [0.2, 0.25) is 0 Å². The van der Waals surface area contributed by atoms with Crippen molar-refractivity contribution in [3.05, 3.63) is 6.07 Å². The van der Waals surface area contributed by atoms with Crippen LogP contribution in [0.4, 0.5) is 11.6 Å². The minimum absolute atomic E-state index is 0.666. The maximum Gasteiger partial charge on any atom is 0.149 e. The molecular formula is C5H10N4. The largest absolute Gasteiger partial charge is 0.384 e. The second-order valence-corrected chi connectivity index (χ2v) is 1.83. The Hall–Kier alpha value is -1.19.